The summed E-state index contributed by atoms with van der Waals surface area (Å²) >= 11 is 0. The van der Waals surface area contributed by atoms with Crippen LogP contribution in [0, 0.1) is 11.6 Å². The van der Waals surface area contributed by atoms with E-state index in [0.717, 1.165) is 28.3 Å². The van der Waals surface area contributed by atoms with Gasteiger partial charge in [0.2, 0.25) is 10.0 Å². The van der Waals surface area contributed by atoms with E-state index in [0.29, 0.717) is 30.9 Å². The third-order valence-corrected chi connectivity index (χ3v) is 5.92. The lowest BCUT2D eigenvalue weighted by atomic mass is 10.1. The molecule has 0 saturated heterocycles. The van der Waals surface area contributed by atoms with Crippen LogP contribution in [0.5, 0.6) is 0 Å². The average molecular weight is 475 g/mol. The van der Waals surface area contributed by atoms with Crippen molar-refractivity contribution in [2.75, 3.05) is 23.7 Å². The first-order valence-corrected chi connectivity index (χ1v) is 12.0. The molecule has 0 unspecified atom stereocenters. The van der Waals surface area contributed by atoms with E-state index in [-0.39, 0.29) is 18.1 Å². The molecule has 6 nitrogen and oxygen atoms in total. The summed E-state index contributed by atoms with van der Waals surface area (Å²) in [7, 11) is -3.76. The number of anilines is 1. The minimum absolute atomic E-state index is 0.00808. The highest BCUT2D eigenvalue weighted by atomic mass is 32.2. The predicted molar refractivity (Wildman–Crippen MR) is 122 cm³/mol. The number of rotatable bonds is 10. The van der Waals surface area contributed by atoms with Gasteiger partial charge in [-0.05, 0) is 35.4 Å². The molecule has 1 N–H and O–H groups in total. The molecule has 0 heterocycles. The molecule has 0 spiro atoms. The molecule has 1 amide bonds. The summed E-state index contributed by atoms with van der Waals surface area (Å²) in [6.07, 6.45) is 0.982. The van der Waals surface area contributed by atoms with Gasteiger partial charge < -0.3 is 10.1 Å². The Balaban J connectivity index is 1.55. The van der Waals surface area contributed by atoms with Crippen LogP contribution >= 0.6 is 0 Å². The van der Waals surface area contributed by atoms with E-state index in [1.165, 1.54) is 6.07 Å². The summed E-state index contributed by atoms with van der Waals surface area (Å²) in [5.41, 5.74) is 2.04. The number of nitrogens with one attached hydrogen (secondary N) is 1. The molecule has 3 aromatic carbocycles. The zero-order valence-electron chi connectivity index (χ0n) is 18.0. The lowest BCUT2D eigenvalue weighted by molar-refractivity contribution is 0.0901. The number of sulfonamides is 1. The molecule has 0 bridgehead atoms. The van der Waals surface area contributed by atoms with E-state index < -0.39 is 21.7 Å². The van der Waals surface area contributed by atoms with Crippen LogP contribution in [0.4, 0.5) is 14.5 Å². The summed E-state index contributed by atoms with van der Waals surface area (Å²) < 4.78 is 57.7. The van der Waals surface area contributed by atoms with Gasteiger partial charge in [0.1, 0.15) is 0 Å². The van der Waals surface area contributed by atoms with Crippen molar-refractivity contribution in [3.63, 3.8) is 0 Å². The topological polar surface area (TPSA) is 75.7 Å². The van der Waals surface area contributed by atoms with E-state index in [1.54, 1.807) is 24.3 Å². The van der Waals surface area contributed by atoms with Crippen LogP contribution in [0.15, 0.2) is 72.8 Å². The fraction of sp³-hybridized carbons (Fsp3) is 0.208. The van der Waals surface area contributed by atoms with E-state index in [1.807, 2.05) is 30.3 Å². The maximum Gasteiger partial charge on any atom is 0.251 e. The van der Waals surface area contributed by atoms with Gasteiger partial charge in [-0.2, -0.15) is 0 Å². The minimum Gasteiger partial charge on any atom is -0.375 e. The molecular formula is C24H24F2N2O4S. The lowest BCUT2D eigenvalue weighted by Crippen LogP contribution is -2.29. The first kappa shape index (κ1) is 24.3. The monoisotopic (exact) mass is 474 g/mol. The van der Waals surface area contributed by atoms with E-state index in [9.17, 15) is 22.0 Å². The Morgan fingerprint density at radius 1 is 0.939 bits per heavy atom. The molecule has 33 heavy (non-hydrogen) atoms. The SMILES string of the molecule is CS(=O)(=O)N(Cc1ccc(C(=O)NCCOCc2ccccc2)cc1)c1ccc(F)c(F)c1. The third kappa shape index (κ3) is 7.10. The Labute approximate surface area is 191 Å². The molecule has 174 valence electrons. The van der Waals surface area contributed by atoms with Gasteiger partial charge in [-0.25, -0.2) is 17.2 Å². The summed E-state index contributed by atoms with van der Waals surface area (Å²) in [5.74, 6) is -2.49. The molecule has 0 aliphatic carbocycles. The van der Waals surface area contributed by atoms with Gasteiger partial charge in [-0.3, -0.25) is 9.10 Å². The van der Waals surface area contributed by atoms with Gasteiger partial charge in [0, 0.05) is 18.2 Å². The van der Waals surface area contributed by atoms with Crippen LogP contribution in [0.2, 0.25) is 0 Å². The second kappa shape index (κ2) is 11.0. The number of benzene rings is 3. The number of hydrogen-bond acceptors (Lipinski definition) is 4. The fourth-order valence-corrected chi connectivity index (χ4v) is 3.95. The molecule has 0 aromatic heterocycles. The van der Waals surface area contributed by atoms with Crippen molar-refractivity contribution in [2.24, 2.45) is 0 Å². The van der Waals surface area contributed by atoms with Crippen molar-refractivity contribution < 1.29 is 26.7 Å². The molecule has 3 aromatic rings. The normalized spacial score (nSPS) is 11.2. The number of carbonyl (C=O) groups is 1. The van der Waals surface area contributed by atoms with Gasteiger partial charge in [-0.1, -0.05) is 42.5 Å². The standard InChI is InChI=1S/C24H24F2N2O4S/c1-33(30,31)28(21-11-12-22(25)23(26)15-21)16-18-7-9-20(10-8-18)24(29)27-13-14-32-17-19-5-3-2-4-6-19/h2-12,15H,13-14,16-17H2,1H3,(H,27,29). The Kier molecular flexibility index (Phi) is 8.13. The molecule has 0 aliphatic rings. The summed E-state index contributed by atoms with van der Waals surface area (Å²) in [6, 6.07) is 19.0. The van der Waals surface area contributed by atoms with Crippen LogP contribution < -0.4 is 9.62 Å². The van der Waals surface area contributed by atoms with Crippen molar-refractivity contribution in [1.29, 1.82) is 0 Å². The Hall–Kier alpha value is -3.30. The van der Waals surface area contributed by atoms with Crippen LogP contribution in [0.3, 0.4) is 0 Å². The summed E-state index contributed by atoms with van der Waals surface area (Å²) in [6.45, 7) is 1.06. The highest BCUT2D eigenvalue weighted by molar-refractivity contribution is 7.92. The van der Waals surface area contributed by atoms with Crippen LogP contribution in [0.25, 0.3) is 0 Å². The van der Waals surface area contributed by atoms with Crippen molar-refractivity contribution in [3.8, 4) is 0 Å². The summed E-state index contributed by atoms with van der Waals surface area (Å²) in [4.78, 5) is 12.3. The van der Waals surface area contributed by atoms with Crippen LogP contribution in [-0.2, 0) is 27.9 Å². The molecule has 0 aliphatic heterocycles. The van der Waals surface area contributed by atoms with Crippen LogP contribution in [0.1, 0.15) is 21.5 Å². The first-order chi connectivity index (χ1) is 15.7. The molecule has 3 rings (SSSR count). The highest BCUT2D eigenvalue weighted by Gasteiger charge is 2.19. The van der Waals surface area contributed by atoms with Crippen LogP contribution in [-0.4, -0.2) is 33.7 Å². The maximum atomic E-state index is 13.6. The lowest BCUT2D eigenvalue weighted by Gasteiger charge is -2.22. The second-order valence-corrected chi connectivity index (χ2v) is 9.27. The predicted octanol–water partition coefficient (Wildman–Crippen LogP) is 3.88. The number of carbonyl (C=O) groups excluding carboxylic acids is 1. The van der Waals surface area contributed by atoms with Gasteiger partial charge in [-0.15, -0.1) is 0 Å². The maximum absolute atomic E-state index is 13.6. The highest BCUT2D eigenvalue weighted by Crippen LogP contribution is 2.23. The van der Waals surface area contributed by atoms with E-state index >= 15 is 0 Å². The molecular weight excluding hydrogens is 450 g/mol. The Morgan fingerprint density at radius 3 is 2.27 bits per heavy atom. The van der Waals surface area contributed by atoms with E-state index in [4.69, 9.17) is 4.74 Å². The number of ether oxygens (including phenoxy) is 1. The number of amides is 1. The van der Waals surface area contributed by atoms with Gasteiger partial charge in [0.25, 0.3) is 5.91 Å². The number of hydrogen-bond donors (Lipinski definition) is 1. The Bertz CT molecular complexity index is 1190. The largest absolute Gasteiger partial charge is 0.375 e. The summed E-state index contributed by atoms with van der Waals surface area (Å²) in [5, 5.41) is 2.76. The van der Waals surface area contributed by atoms with E-state index in [2.05, 4.69) is 5.32 Å². The number of halogens is 2. The molecule has 0 saturated carbocycles. The van der Waals surface area contributed by atoms with Gasteiger partial charge >= 0.3 is 0 Å². The van der Waals surface area contributed by atoms with Gasteiger partial charge in [0.05, 0.1) is 31.7 Å². The average Bonchev–Trinajstić information content (AvgIpc) is 2.79. The van der Waals surface area contributed by atoms with Crippen molar-refractivity contribution in [2.45, 2.75) is 13.2 Å². The quantitative estimate of drug-likeness (QED) is 0.453. The first-order valence-electron chi connectivity index (χ1n) is 10.2. The number of nitrogens with zero attached hydrogens (tertiary/aromatic N) is 1. The van der Waals surface area contributed by atoms with Crippen molar-refractivity contribution in [3.05, 3.63) is 101 Å². The third-order valence-electron chi connectivity index (χ3n) is 4.78. The molecule has 0 fully saturated rings. The molecule has 0 radical (unpaired) electrons. The van der Waals surface area contributed by atoms with Crippen molar-refractivity contribution >= 4 is 21.6 Å². The molecule has 9 heteroatoms. The zero-order valence-corrected chi connectivity index (χ0v) is 18.8. The zero-order chi connectivity index (χ0) is 23.8. The second-order valence-electron chi connectivity index (χ2n) is 7.36. The smallest absolute Gasteiger partial charge is 0.251 e. The Morgan fingerprint density at radius 2 is 1.64 bits per heavy atom. The van der Waals surface area contributed by atoms with Gasteiger partial charge in [0.15, 0.2) is 11.6 Å². The fourth-order valence-electron chi connectivity index (χ4n) is 3.07. The minimum atomic E-state index is -3.76. The van der Waals surface area contributed by atoms with Crippen molar-refractivity contribution in [1.82, 2.24) is 5.32 Å². The molecule has 0 atom stereocenters.